The zero-order valence-corrected chi connectivity index (χ0v) is 17.7. The third kappa shape index (κ3) is 2.45. The van der Waals surface area contributed by atoms with Crippen molar-refractivity contribution in [3.05, 3.63) is 12.2 Å². The van der Waals surface area contributed by atoms with E-state index in [9.17, 15) is 0 Å². The van der Waals surface area contributed by atoms with Crippen molar-refractivity contribution in [3.8, 4) is 0 Å². The summed E-state index contributed by atoms with van der Waals surface area (Å²) in [4.78, 5) is 0. The average Bonchev–Trinajstić information content (AvgIpc) is 2.54. The third-order valence-corrected chi connectivity index (χ3v) is 10.5. The van der Waals surface area contributed by atoms with Gasteiger partial charge in [-0.3, -0.25) is 0 Å². The first-order valence-corrected chi connectivity index (χ1v) is 11.4. The number of allylic oxidation sites excluding steroid dienone is 1. The maximum atomic E-state index is 4.42. The van der Waals surface area contributed by atoms with Crippen molar-refractivity contribution >= 4 is 0 Å². The lowest BCUT2D eigenvalue weighted by atomic mass is 9.38. The van der Waals surface area contributed by atoms with Crippen LogP contribution in [-0.4, -0.2) is 0 Å². The molecular weight excluding hydrogens is 300 g/mol. The topological polar surface area (TPSA) is 0 Å². The zero-order chi connectivity index (χ0) is 18.0. The number of rotatable bonds is 1. The van der Waals surface area contributed by atoms with Crippen LogP contribution in [0.4, 0.5) is 0 Å². The lowest BCUT2D eigenvalue weighted by Crippen LogP contribution is -2.59. The van der Waals surface area contributed by atoms with Gasteiger partial charge in [0.25, 0.3) is 0 Å². The molecule has 142 valence electrons. The molecule has 4 rings (SSSR count). The first kappa shape index (κ1) is 18.1. The van der Waals surface area contributed by atoms with Gasteiger partial charge in [0.2, 0.25) is 0 Å². The minimum atomic E-state index is 0.553. The van der Waals surface area contributed by atoms with Gasteiger partial charge >= 0.3 is 0 Å². The van der Waals surface area contributed by atoms with E-state index in [-0.39, 0.29) is 0 Å². The molecule has 0 radical (unpaired) electrons. The van der Waals surface area contributed by atoms with Crippen LogP contribution >= 0.6 is 0 Å². The van der Waals surface area contributed by atoms with Gasteiger partial charge in [0.05, 0.1) is 0 Å². The number of fused-ring (bicyclic) bond motifs is 5. The number of hydrogen-bond donors (Lipinski definition) is 0. The Labute approximate surface area is 157 Å². The molecule has 0 spiro atoms. The van der Waals surface area contributed by atoms with Crippen molar-refractivity contribution in [3.63, 3.8) is 0 Å². The van der Waals surface area contributed by atoms with Crippen LogP contribution in [0.3, 0.4) is 0 Å². The Morgan fingerprint density at radius 2 is 1.64 bits per heavy atom. The summed E-state index contributed by atoms with van der Waals surface area (Å²) in [6, 6.07) is 0. The Hall–Kier alpha value is -0.260. The molecule has 8 atom stereocenters. The van der Waals surface area contributed by atoms with Crippen molar-refractivity contribution in [2.45, 2.75) is 98.8 Å². The molecule has 0 aromatic carbocycles. The molecule has 0 bridgehead atoms. The fourth-order valence-corrected chi connectivity index (χ4v) is 8.94. The van der Waals surface area contributed by atoms with Crippen molar-refractivity contribution in [1.29, 1.82) is 0 Å². The highest BCUT2D eigenvalue weighted by Gasteiger charge is 2.62. The van der Waals surface area contributed by atoms with E-state index < -0.39 is 0 Å². The highest BCUT2D eigenvalue weighted by atomic mass is 14.7. The van der Waals surface area contributed by atoms with Gasteiger partial charge in [0.1, 0.15) is 0 Å². The molecule has 0 aliphatic heterocycles. The summed E-state index contributed by atoms with van der Waals surface area (Å²) in [6.07, 6.45) is 14.8. The summed E-state index contributed by atoms with van der Waals surface area (Å²) < 4.78 is 0. The van der Waals surface area contributed by atoms with Crippen LogP contribution in [0.25, 0.3) is 0 Å². The van der Waals surface area contributed by atoms with Gasteiger partial charge in [-0.15, -0.1) is 0 Å². The van der Waals surface area contributed by atoms with E-state index in [2.05, 4.69) is 41.2 Å². The smallest absolute Gasteiger partial charge is 0.0152 e. The van der Waals surface area contributed by atoms with E-state index in [1.807, 2.05) is 0 Å². The summed E-state index contributed by atoms with van der Waals surface area (Å²) in [5.74, 6) is 4.72. The van der Waals surface area contributed by atoms with E-state index in [1.54, 1.807) is 0 Å². The standard InChI is InChI=1S/C25H42/c1-17(2)20-8-7-9-21-19-11-13-23(4)16-18(3)10-15-25(23,6)22(19)12-14-24(20,21)5/h18-22H,1,7-16H2,2-6H3. The maximum Gasteiger partial charge on any atom is -0.0152 e. The van der Waals surface area contributed by atoms with Crippen LogP contribution < -0.4 is 0 Å². The Bertz CT molecular complexity index is 546. The first-order chi connectivity index (χ1) is 11.7. The second-order valence-corrected chi connectivity index (χ2v) is 11.6. The molecule has 4 fully saturated rings. The van der Waals surface area contributed by atoms with Crippen LogP contribution in [0.1, 0.15) is 98.8 Å². The predicted molar refractivity (Wildman–Crippen MR) is 108 cm³/mol. The second kappa shape index (κ2) is 5.87. The lowest BCUT2D eigenvalue weighted by Gasteiger charge is -2.67. The molecule has 4 aliphatic rings. The molecule has 4 aliphatic carbocycles. The summed E-state index contributed by atoms with van der Waals surface area (Å²) in [5.41, 5.74) is 3.25. The van der Waals surface area contributed by atoms with Gasteiger partial charge in [0.15, 0.2) is 0 Å². The van der Waals surface area contributed by atoms with E-state index in [1.165, 1.54) is 69.8 Å². The molecule has 0 amide bonds. The molecule has 0 heteroatoms. The third-order valence-electron chi connectivity index (χ3n) is 10.5. The molecule has 0 aromatic rings. The minimum absolute atomic E-state index is 0.553. The Balaban J connectivity index is 1.66. The largest absolute Gasteiger partial charge is 0.0998 e. The second-order valence-electron chi connectivity index (χ2n) is 11.6. The van der Waals surface area contributed by atoms with Gasteiger partial charge < -0.3 is 0 Å². The molecule has 0 nitrogen and oxygen atoms in total. The van der Waals surface area contributed by atoms with E-state index in [4.69, 9.17) is 0 Å². The van der Waals surface area contributed by atoms with Crippen LogP contribution in [-0.2, 0) is 0 Å². The molecule has 0 saturated heterocycles. The lowest BCUT2D eigenvalue weighted by molar-refractivity contribution is -0.174. The fourth-order valence-electron chi connectivity index (χ4n) is 8.94. The Kier molecular flexibility index (Phi) is 4.25. The van der Waals surface area contributed by atoms with Crippen molar-refractivity contribution in [2.75, 3.05) is 0 Å². The molecule has 4 saturated carbocycles. The summed E-state index contributed by atoms with van der Waals surface area (Å²) in [5, 5.41) is 0. The predicted octanol–water partition coefficient (Wildman–Crippen LogP) is 7.64. The summed E-state index contributed by atoms with van der Waals surface area (Å²) in [7, 11) is 0. The molecule has 25 heavy (non-hydrogen) atoms. The highest BCUT2D eigenvalue weighted by Crippen LogP contribution is 2.70. The molecule has 0 aromatic heterocycles. The quantitative estimate of drug-likeness (QED) is 0.429. The monoisotopic (exact) mass is 342 g/mol. The fraction of sp³-hybridized carbons (Fsp3) is 0.920. The Morgan fingerprint density at radius 3 is 2.36 bits per heavy atom. The van der Waals surface area contributed by atoms with Gasteiger partial charge in [-0.2, -0.15) is 0 Å². The molecule has 8 unspecified atom stereocenters. The van der Waals surface area contributed by atoms with E-state index in [0.29, 0.717) is 16.2 Å². The summed E-state index contributed by atoms with van der Waals surface area (Å²) >= 11 is 0. The molecular formula is C25H42. The van der Waals surface area contributed by atoms with Gasteiger partial charge in [-0.1, -0.05) is 52.7 Å². The Morgan fingerprint density at radius 1 is 0.880 bits per heavy atom. The average molecular weight is 343 g/mol. The van der Waals surface area contributed by atoms with E-state index in [0.717, 1.165) is 29.6 Å². The first-order valence-electron chi connectivity index (χ1n) is 11.4. The van der Waals surface area contributed by atoms with Crippen LogP contribution in [0, 0.1) is 45.8 Å². The van der Waals surface area contributed by atoms with Gasteiger partial charge in [-0.25, -0.2) is 0 Å². The van der Waals surface area contributed by atoms with E-state index >= 15 is 0 Å². The van der Waals surface area contributed by atoms with Crippen molar-refractivity contribution < 1.29 is 0 Å². The van der Waals surface area contributed by atoms with Crippen molar-refractivity contribution in [2.24, 2.45) is 45.8 Å². The van der Waals surface area contributed by atoms with Crippen molar-refractivity contribution in [1.82, 2.24) is 0 Å². The number of hydrogen-bond acceptors (Lipinski definition) is 0. The van der Waals surface area contributed by atoms with Gasteiger partial charge in [0, 0.05) is 0 Å². The highest BCUT2D eigenvalue weighted by molar-refractivity contribution is 5.15. The van der Waals surface area contributed by atoms with Gasteiger partial charge in [-0.05, 0) is 104 Å². The van der Waals surface area contributed by atoms with Crippen LogP contribution in [0.5, 0.6) is 0 Å². The minimum Gasteiger partial charge on any atom is -0.0998 e. The SMILES string of the molecule is C=C(C)C1CCCC2C3CCC4(C)CC(C)CCC4(C)C3CCC12C. The molecule has 0 heterocycles. The van der Waals surface area contributed by atoms with Crippen LogP contribution in [0.2, 0.25) is 0 Å². The normalized spacial score (nSPS) is 55.6. The maximum absolute atomic E-state index is 4.42. The zero-order valence-electron chi connectivity index (χ0n) is 17.7. The van der Waals surface area contributed by atoms with Crippen LogP contribution in [0.15, 0.2) is 12.2 Å². The molecule has 0 N–H and O–H groups in total. The summed E-state index contributed by atoms with van der Waals surface area (Å²) in [6.45, 7) is 17.3.